The topological polar surface area (TPSA) is 175 Å². The third kappa shape index (κ3) is 7.33. The molecule has 2 N–H and O–H groups in total. The summed E-state index contributed by atoms with van der Waals surface area (Å²) >= 11 is 0. The Labute approximate surface area is 351 Å². The number of nitrogens with one attached hydrogen (secondary N) is 2. The van der Waals surface area contributed by atoms with Crippen molar-refractivity contribution < 1.29 is 28.8 Å². The summed E-state index contributed by atoms with van der Waals surface area (Å²) in [6.45, 7) is 3.90. The number of benzene rings is 4. The normalized spacial score (nSPS) is 14.6. The summed E-state index contributed by atoms with van der Waals surface area (Å²) in [5, 5.41) is 8.61. The summed E-state index contributed by atoms with van der Waals surface area (Å²) < 4.78 is 3.66. The van der Waals surface area contributed by atoms with Crippen LogP contribution >= 0.6 is 0 Å². The van der Waals surface area contributed by atoms with Crippen LogP contribution < -0.4 is 10.6 Å². The average molecular weight is 823 g/mol. The molecule has 16 nitrogen and oxygen atoms in total. The highest BCUT2D eigenvalue weighted by Crippen LogP contribution is 2.35. The van der Waals surface area contributed by atoms with Crippen molar-refractivity contribution in [3.8, 4) is 11.4 Å². The van der Waals surface area contributed by atoms with Crippen molar-refractivity contribution in [1.29, 1.82) is 0 Å². The predicted octanol–water partition coefficient (Wildman–Crippen LogP) is 3.52. The van der Waals surface area contributed by atoms with E-state index in [-0.39, 0.29) is 51.1 Å². The quantitative estimate of drug-likeness (QED) is 0.138. The van der Waals surface area contributed by atoms with Gasteiger partial charge in [-0.3, -0.25) is 38.6 Å². The fourth-order valence-electron chi connectivity index (χ4n) is 8.27. The van der Waals surface area contributed by atoms with Crippen molar-refractivity contribution in [2.45, 2.75) is 32.4 Å². The summed E-state index contributed by atoms with van der Waals surface area (Å²) in [5.74, 6) is -2.26. The van der Waals surface area contributed by atoms with E-state index in [9.17, 15) is 28.8 Å². The van der Waals surface area contributed by atoms with Crippen molar-refractivity contribution >= 4 is 57.0 Å². The Morgan fingerprint density at radius 2 is 0.967 bits per heavy atom. The zero-order valence-corrected chi connectivity index (χ0v) is 34.4. The van der Waals surface area contributed by atoms with Gasteiger partial charge in [-0.1, -0.05) is 24.3 Å². The number of imidazole rings is 2. The third-order valence-corrected chi connectivity index (χ3v) is 11.8. The molecule has 4 heterocycles. The molecule has 6 amide bonds. The Balaban J connectivity index is 0.971. The molecule has 312 valence electrons. The minimum absolute atomic E-state index is 0.0460. The van der Waals surface area contributed by atoms with E-state index in [1.54, 1.807) is 112 Å². The number of hydrogen-bond acceptors (Lipinski definition) is 10. The fourth-order valence-corrected chi connectivity index (χ4v) is 8.27. The first-order valence-electron chi connectivity index (χ1n) is 20.3. The minimum Gasteiger partial charge on any atom is -0.339 e. The van der Waals surface area contributed by atoms with E-state index in [1.807, 2.05) is 33.4 Å². The first-order chi connectivity index (χ1) is 29.5. The number of likely N-dealkylation sites (N-methyl/N-ethyl adjacent to an activating group) is 2. The van der Waals surface area contributed by atoms with Gasteiger partial charge in [0.25, 0.3) is 23.6 Å². The minimum atomic E-state index is -0.564. The van der Waals surface area contributed by atoms with Gasteiger partial charge in [-0.15, -0.1) is 0 Å². The van der Waals surface area contributed by atoms with Crippen molar-refractivity contribution in [2.75, 3.05) is 53.4 Å². The highest BCUT2D eigenvalue weighted by Gasteiger charge is 2.36. The van der Waals surface area contributed by atoms with Crippen LogP contribution in [0, 0.1) is 0 Å². The molecule has 2 unspecified atom stereocenters. The molecule has 0 radical (unpaired) electrons. The van der Waals surface area contributed by atoms with Crippen LogP contribution in [0.25, 0.3) is 32.9 Å². The lowest BCUT2D eigenvalue weighted by atomic mass is 9.93. The smallest absolute Gasteiger partial charge is 0.261 e. The molecule has 0 saturated carbocycles. The number of aromatic nitrogens is 4. The third-order valence-electron chi connectivity index (χ3n) is 11.8. The molecule has 0 aliphatic carbocycles. The van der Waals surface area contributed by atoms with Gasteiger partial charge in [-0.25, -0.2) is 9.97 Å². The van der Waals surface area contributed by atoms with Gasteiger partial charge in [0.05, 0.1) is 36.1 Å². The van der Waals surface area contributed by atoms with Crippen molar-refractivity contribution in [3.63, 3.8) is 0 Å². The second-order valence-electron chi connectivity index (χ2n) is 15.2. The molecule has 61 heavy (non-hydrogen) atoms. The maximum absolute atomic E-state index is 14.0. The van der Waals surface area contributed by atoms with Gasteiger partial charge in [0.15, 0.2) is 0 Å². The van der Waals surface area contributed by atoms with Crippen LogP contribution in [0.1, 0.15) is 61.7 Å². The number of nitrogens with zero attached hydrogens (tertiary/aromatic N) is 8. The van der Waals surface area contributed by atoms with E-state index in [4.69, 9.17) is 0 Å². The van der Waals surface area contributed by atoms with Crippen LogP contribution in [0.3, 0.4) is 0 Å². The molecule has 6 aromatic rings. The number of rotatable bonds is 16. The zero-order valence-electron chi connectivity index (χ0n) is 34.4. The lowest BCUT2D eigenvalue weighted by Crippen LogP contribution is -2.51. The Morgan fingerprint density at radius 1 is 0.574 bits per heavy atom. The van der Waals surface area contributed by atoms with Gasteiger partial charge in [0.2, 0.25) is 11.8 Å². The fraction of sp³-hybridized carbons (Fsp3) is 0.289. The Morgan fingerprint density at radius 3 is 1.33 bits per heavy atom. The number of hydrogen-bond donors (Lipinski definition) is 2. The molecule has 4 aromatic carbocycles. The molecule has 2 aliphatic rings. The van der Waals surface area contributed by atoms with E-state index in [0.29, 0.717) is 39.4 Å². The average Bonchev–Trinajstić information content (AvgIpc) is 4.03. The molecule has 16 heteroatoms. The van der Waals surface area contributed by atoms with E-state index >= 15 is 0 Å². The van der Waals surface area contributed by atoms with Crippen molar-refractivity contribution in [1.82, 2.24) is 49.3 Å². The monoisotopic (exact) mass is 822 g/mol. The number of carbonyl (C=O) groups excluding carboxylic acids is 6. The molecule has 0 bridgehead atoms. The van der Waals surface area contributed by atoms with Gasteiger partial charge in [0, 0.05) is 108 Å². The summed E-state index contributed by atoms with van der Waals surface area (Å²) in [6, 6.07) is 16.7. The SMILES string of the molecule is CNC(C)C(=O)N(CCCN(CCN1C(=O)c2cccc3c(-n4ccnc4)ccc(c23)C1=O)C(=O)C(C)NC)CCN1C(=O)c2cccc3c(-n4ccnc4)ccc(c23)C1=O. The second kappa shape index (κ2) is 16.9. The molecular formula is C45H46N10O6. The van der Waals surface area contributed by atoms with Crippen LogP contribution in [-0.2, 0) is 9.59 Å². The van der Waals surface area contributed by atoms with Crippen LogP contribution in [0.4, 0.5) is 0 Å². The van der Waals surface area contributed by atoms with E-state index < -0.39 is 35.7 Å². The largest absolute Gasteiger partial charge is 0.339 e. The molecule has 2 atom stereocenters. The molecule has 8 rings (SSSR count). The van der Waals surface area contributed by atoms with Crippen molar-refractivity contribution in [3.05, 3.63) is 120 Å². The molecule has 0 spiro atoms. The Bertz CT molecular complexity index is 2470. The Kier molecular flexibility index (Phi) is 11.3. The van der Waals surface area contributed by atoms with Crippen LogP contribution in [0.2, 0.25) is 0 Å². The highest BCUT2D eigenvalue weighted by atomic mass is 16.2. The van der Waals surface area contributed by atoms with Crippen LogP contribution in [0.15, 0.2) is 98.1 Å². The standard InChI is InChI=1S/C45H46N10O6/c1-28(46-3)40(56)50(22-24-54-42(58)32-10-5-8-30-36(52-20-16-48-26-52)14-12-34(38(30)32)44(54)60)18-7-19-51(41(57)29(2)47-4)23-25-55-43(59)33-11-6-9-31-37(53-21-17-49-27-53)15-13-35(39(31)33)45(55)61/h5-6,8-17,20-21,26-29,46-47H,7,18-19,22-25H2,1-4H3. The lowest BCUT2D eigenvalue weighted by Gasteiger charge is -2.33. The first-order valence-corrected chi connectivity index (χ1v) is 20.3. The van der Waals surface area contributed by atoms with Crippen molar-refractivity contribution in [2.24, 2.45) is 0 Å². The van der Waals surface area contributed by atoms with E-state index in [2.05, 4.69) is 20.6 Å². The maximum atomic E-state index is 14.0. The summed E-state index contributed by atoms with van der Waals surface area (Å²) in [4.78, 5) is 97.1. The van der Waals surface area contributed by atoms with Crippen LogP contribution in [0.5, 0.6) is 0 Å². The molecule has 0 fully saturated rings. The number of carbonyl (C=O) groups is 6. The zero-order chi connectivity index (χ0) is 42.9. The summed E-state index contributed by atoms with van der Waals surface area (Å²) in [7, 11) is 3.35. The van der Waals surface area contributed by atoms with Gasteiger partial charge < -0.3 is 29.6 Å². The van der Waals surface area contributed by atoms with Gasteiger partial charge >= 0.3 is 0 Å². The molecule has 2 aromatic heterocycles. The molecule has 2 aliphatic heterocycles. The number of amides is 6. The van der Waals surface area contributed by atoms with Crippen LogP contribution in [-0.4, -0.2) is 140 Å². The second-order valence-corrected chi connectivity index (χ2v) is 15.2. The highest BCUT2D eigenvalue weighted by molar-refractivity contribution is 6.27. The predicted molar refractivity (Wildman–Crippen MR) is 228 cm³/mol. The number of imide groups is 2. The van der Waals surface area contributed by atoms with E-state index in [0.717, 1.165) is 22.1 Å². The lowest BCUT2D eigenvalue weighted by molar-refractivity contribution is -0.134. The van der Waals surface area contributed by atoms with Gasteiger partial charge in [-0.05, 0) is 70.8 Å². The summed E-state index contributed by atoms with van der Waals surface area (Å²) in [5.41, 5.74) is 3.17. The van der Waals surface area contributed by atoms with Gasteiger partial charge in [0.1, 0.15) is 0 Å². The molecular weight excluding hydrogens is 777 g/mol. The maximum Gasteiger partial charge on any atom is 0.261 e. The van der Waals surface area contributed by atoms with E-state index in [1.165, 1.54) is 9.80 Å². The Hall–Kier alpha value is -7.04. The first kappa shape index (κ1) is 40.7. The summed E-state index contributed by atoms with van der Waals surface area (Å²) in [6.07, 6.45) is 10.6. The molecule has 0 saturated heterocycles. The van der Waals surface area contributed by atoms with Gasteiger partial charge in [-0.2, -0.15) is 0 Å².